The molecule has 0 bridgehead atoms. The molecule has 0 spiro atoms. The van der Waals surface area contributed by atoms with Gasteiger partial charge < -0.3 is 10.2 Å². The van der Waals surface area contributed by atoms with E-state index in [-0.39, 0.29) is 11.9 Å². The minimum Gasteiger partial charge on any atom is -0.339 e. The maximum Gasteiger partial charge on any atom is 0.236 e. The van der Waals surface area contributed by atoms with Crippen LogP contribution in [0.25, 0.3) is 0 Å². The van der Waals surface area contributed by atoms with E-state index in [2.05, 4.69) is 17.2 Å². The van der Waals surface area contributed by atoms with Crippen LogP contribution in [0.3, 0.4) is 0 Å². The van der Waals surface area contributed by atoms with E-state index >= 15 is 0 Å². The van der Waals surface area contributed by atoms with Crippen LogP contribution in [0.1, 0.15) is 38.3 Å². The van der Waals surface area contributed by atoms with Gasteiger partial charge in [0.1, 0.15) is 0 Å². The number of amides is 1. The Morgan fingerprint density at radius 1 is 1.61 bits per heavy atom. The molecule has 1 fully saturated rings. The Kier molecular flexibility index (Phi) is 4.31. The Morgan fingerprint density at radius 2 is 2.39 bits per heavy atom. The molecule has 1 heterocycles. The van der Waals surface area contributed by atoms with E-state index in [9.17, 15) is 4.79 Å². The van der Waals surface area contributed by atoms with Crippen molar-refractivity contribution in [2.75, 3.05) is 13.1 Å². The number of hydrogen-bond donors (Lipinski definition) is 1. The van der Waals surface area contributed by atoms with Gasteiger partial charge in [-0.15, -0.1) is 0 Å². The highest BCUT2D eigenvalue weighted by Gasteiger charge is 2.31. The summed E-state index contributed by atoms with van der Waals surface area (Å²) in [4.78, 5) is 18.1. The number of nitrogens with zero attached hydrogens (tertiary/aromatic N) is 2. The lowest BCUT2D eigenvalue weighted by Gasteiger charge is -2.22. The predicted molar refractivity (Wildman–Crippen MR) is 71.1 cm³/mol. The molecule has 1 atom stereocenters. The largest absolute Gasteiger partial charge is 0.339 e. The average Bonchev–Trinajstić information content (AvgIpc) is 3.22. The van der Waals surface area contributed by atoms with Gasteiger partial charge in [0, 0.05) is 31.0 Å². The first kappa shape index (κ1) is 13.0. The van der Waals surface area contributed by atoms with E-state index in [1.165, 1.54) is 0 Å². The summed E-state index contributed by atoms with van der Waals surface area (Å²) in [6, 6.07) is 4.59. The third-order valence-corrected chi connectivity index (χ3v) is 3.39. The summed E-state index contributed by atoms with van der Waals surface area (Å²) in [6.45, 7) is 5.31. The predicted octanol–water partition coefficient (Wildman–Crippen LogP) is 1.74. The number of carbonyl (C=O) groups excluding carboxylic acids is 1. The van der Waals surface area contributed by atoms with E-state index in [4.69, 9.17) is 0 Å². The fraction of sp³-hybridized carbons (Fsp3) is 0.571. The summed E-state index contributed by atoms with van der Waals surface area (Å²) < 4.78 is 0. The van der Waals surface area contributed by atoms with Crippen LogP contribution in [-0.2, 0) is 4.79 Å². The van der Waals surface area contributed by atoms with Gasteiger partial charge >= 0.3 is 0 Å². The molecule has 98 valence electrons. The van der Waals surface area contributed by atoms with Crippen LogP contribution in [0.4, 0.5) is 0 Å². The average molecular weight is 247 g/mol. The second-order valence-corrected chi connectivity index (χ2v) is 4.80. The van der Waals surface area contributed by atoms with E-state index in [1.807, 2.05) is 30.2 Å². The lowest BCUT2D eigenvalue weighted by atomic mass is 10.1. The molecule has 4 nitrogen and oxygen atoms in total. The zero-order valence-corrected chi connectivity index (χ0v) is 11.1. The molecule has 0 aromatic carbocycles. The summed E-state index contributed by atoms with van der Waals surface area (Å²) in [5.74, 6) is 0.204. The van der Waals surface area contributed by atoms with Gasteiger partial charge in [-0.2, -0.15) is 0 Å². The molecule has 1 aliphatic rings. The maximum atomic E-state index is 12.0. The summed E-state index contributed by atoms with van der Waals surface area (Å²) in [5, 5.41) is 3.26. The maximum absolute atomic E-state index is 12.0. The molecule has 1 aliphatic carbocycles. The number of pyridine rings is 1. The molecule has 4 heteroatoms. The molecule has 0 unspecified atom stereocenters. The third-order valence-electron chi connectivity index (χ3n) is 3.39. The monoisotopic (exact) mass is 247 g/mol. The number of nitrogens with one attached hydrogen (secondary N) is 1. The number of hydrogen-bond acceptors (Lipinski definition) is 3. The summed E-state index contributed by atoms with van der Waals surface area (Å²) in [7, 11) is 0. The highest BCUT2D eigenvalue weighted by molar-refractivity contribution is 5.78. The molecule has 2 rings (SSSR count). The minimum absolute atomic E-state index is 0.153. The normalized spacial score (nSPS) is 16.3. The first-order valence-corrected chi connectivity index (χ1v) is 6.65. The van der Waals surface area contributed by atoms with Crippen molar-refractivity contribution in [1.29, 1.82) is 0 Å². The first-order chi connectivity index (χ1) is 8.72. The lowest BCUT2D eigenvalue weighted by molar-refractivity contribution is -0.130. The number of aromatic nitrogens is 1. The van der Waals surface area contributed by atoms with Crippen molar-refractivity contribution < 1.29 is 4.79 Å². The van der Waals surface area contributed by atoms with Gasteiger partial charge in [0.15, 0.2) is 0 Å². The van der Waals surface area contributed by atoms with Crippen molar-refractivity contribution in [3.63, 3.8) is 0 Å². The molecule has 18 heavy (non-hydrogen) atoms. The molecule has 1 aromatic heterocycles. The second kappa shape index (κ2) is 5.96. The highest BCUT2D eigenvalue weighted by Crippen LogP contribution is 2.26. The quantitative estimate of drug-likeness (QED) is 0.833. The van der Waals surface area contributed by atoms with Crippen molar-refractivity contribution in [3.8, 4) is 0 Å². The summed E-state index contributed by atoms with van der Waals surface area (Å²) in [5.41, 5.74) is 1.11. The Labute approximate surface area is 108 Å². The van der Waals surface area contributed by atoms with Crippen molar-refractivity contribution >= 4 is 5.91 Å². The van der Waals surface area contributed by atoms with Gasteiger partial charge in [0.25, 0.3) is 0 Å². The molecule has 0 aliphatic heterocycles. The van der Waals surface area contributed by atoms with Crippen LogP contribution in [0.5, 0.6) is 0 Å². The van der Waals surface area contributed by atoms with Gasteiger partial charge in [0.2, 0.25) is 5.91 Å². The second-order valence-electron chi connectivity index (χ2n) is 4.80. The smallest absolute Gasteiger partial charge is 0.236 e. The van der Waals surface area contributed by atoms with E-state index in [0.717, 1.165) is 24.9 Å². The third kappa shape index (κ3) is 3.29. The molecular formula is C14H21N3O. The highest BCUT2D eigenvalue weighted by atomic mass is 16.2. The number of likely N-dealkylation sites (N-methyl/N-ethyl adjacent to an activating group) is 1. The fourth-order valence-corrected chi connectivity index (χ4v) is 2.12. The van der Waals surface area contributed by atoms with Crippen LogP contribution >= 0.6 is 0 Å². The zero-order valence-electron chi connectivity index (χ0n) is 11.1. The van der Waals surface area contributed by atoms with E-state index < -0.39 is 0 Å². The van der Waals surface area contributed by atoms with Gasteiger partial charge in [-0.1, -0.05) is 6.07 Å². The van der Waals surface area contributed by atoms with Gasteiger partial charge in [-0.05, 0) is 38.3 Å². The van der Waals surface area contributed by atoms with Crippen LogP contribution in [-0.4, -0.2) is 34.9 Å². The topological polar surface area (TPSA) is 45.2 Å². The molecule has 1 amide bonds. The Bertz CT molecular complexity index is 389. The molecular weight excluding hydrogens is 226 g/mol. The lowest BCUT2D eigenvalue weighted by Crippen LogP contribution is -2.40. The molecule has 0 radical (unpaired) electrons. The standard InChI is InChI=1S/C14H21N3O/c1-3-17(13-6-7-13)14(18)10-16-11(2)12-5-4-8-15-9-12/h4-5,8-9,11,13,16H,3,6-7,10H2,1-2H3/t11-/m0/s1. The Hall–Kier alpha value is -1.42. The van der Waals surface area contributed by atoms with Crippen molar-refractivity contribution in [2.45, 2.75) is 38.8 Å². The van der Waals surface area contributed by atoms with Crippen LogP contribution in [0, 0.1) is 0 Å². The molecule has 1 aromatic rings. The Balaban J connectivity index is 1.82. The van der Waals surface area contributed by atoms with Gasteiger partial charge in [-0.3, -0.25) is 9.78 Å². The number of carbonyl (C=O) groups is 1. The van der Waals surface area contributed by atoms with Gasteiger partial charge in [-0.25, -0.2) is 0 Å². The summed E-state index contributed by atoms with van der Waals surface area (Å²) >= 11 is 0. The number of rotatable bonds is 6. The fourth-order valence-electron chi connectivity index (χ4n) is 2.12. The van der Waals surface area contributed by atoms with Crippen molar-refractivity contribution in [1.82, 2.24) is 15.2 Å². The van der Waals surface area contributed by atoms with Crippen molar-refractivity contribution in [3.05, 3.63) is 30.1 Å². The first-order valence-electron chi connectivity index (χ1n) is 6.65. The molecule has 1 N–H and O–H groups in total. The van der Waals surface area contributed by atoms with Gasteiger partial charge in [0.05, 0.1) is 6.54 Å². The summed E-state index contributed by atoms with van der Waals surface area (Å²) in [6.07, 6.45) is 5.92. The van der Waals surface area contributed by atoms with Crippen molar-refractivity contribution in [2.24, 2.45) is 0 Å². The Morgan fingerprint density at radius 3 is 2.94 bits per heavy atom. The van der Waals surface area contributed by atoms with E-state index in [1.54, 1.807) is 6.20 Å². The van der Waals surface area contributed by atoms with Crippen LogP contribution in [0.15, 0.2) is 24.5 Å². The SMILES string of the molecule is CCN(C(=O)CN[C@@H](C)c1cccnc1)C1CC1. The van der Waals surface area contributed by atoms with E-state index in [0.29, 0.717) is 12.6 Å². The zero-order chi connectivity index (χ0) is 13.0. The van der Waals surface area contributed by atoms with Crippen LogP contribution < -0.4 is 5.32 Å². The minimum atomic E-state index is 0.153. The molecule has 1 saturated carbocycles. The van der Waals surface area contributed by atoms with Crippen LogP contribution in [0.2, 0.25) is 0 Å². The molecule has 0 saturated heterocycles.